The van der Waals surface area contributed by atoms with Crippen molar-refractivity contribution in [3.05, 3.63) is 0 Å². The Bertz CT molecular complexity index is 329. The van der Waals surface area contributed by atoms with Crippen molar-refractivity contribution in [3.63, 3.8) is 0 Å². The molecule has 1 N–H and O–H groups in total. The van der Waals surface area contributed by atoms with E-state index in [1.54, 1.807) is 6.92 Å². The molecule has 2 aliphatic rings. The van der Waals surface area contributed by atoms with E-state index in [4.69, 9.17) is 0 Å². The lowest BCUT2D eigenvalue weighted by molar-refractivity contribution is -0.162. The van der Waals surface area contributed by atoms with Gasteiger partial charge in [0.25, 0.3) is 0 Å². The highest BCUT2D eigenvalue weighted by molar-refractivity contribution is 5.85. The van der Waals surface area contributed by atoms with Gasteiger partial charge in [-0.15, -0.1) is 12.4 Å². The second-order valence-electron chi connectivity index (χ2n) is 5.34. The van der Waals surface area contributed by atoms with Gasteiger partial charge in [0.05, 0.1) is 0 Å². The van der Waals surface area contributed by atoms with Crippen LogP contribution in [-0.2, 0) is 4.79 Å². The van der Waals surface area contributed by atoms with Crippen LogP contribution in [0.4, 0.5) is 13.2 Å². The number of piperidine rings is 1. The summed E-state index contributed by atoms with van der Waals surface area (Å²) in [5.74, 6) is -0.487. The lowest BCUT2D eigenvalue weighted by Crippen LogP contribution is -2.41. The zero-order valence-corrected chi connectivity index (χ0v) is 11.7. The number of rotatable bonds is 3. The Morgan fingerprint density at radius 2 is 1.95 bits per heavy atom. The smallest absolute Gasteiger partial charge is 0.334 e. The van der Waals surface area contributed by atoms with Crippen LogP contribution in [0, 0.1) is 11.3 Å². The van der Waals surface area contributed by atoms with E-state index in [9.17, 15) is 18.0 Å². The van der Waals surface area contributed by atoms with Crippen molar-refractivity contribution in [1.82, 2.24) is 10.2 Å². The average Bonchev–Trinajstić information content (AvgIpc) is 2.98. The van der Waals surface area contributed by atoms with Crippen LogP contribution in [0.5, 0.6) is 0 Å². The maximum Gasteiger partial charge on any atom is 0.406 e. The molecular weight excluding hydrogens is 281 g/mol. The molecule has 0 aromatic heterocycles. The van der Waals surface area contributed by atoms with E-state index in [0.29, 0.717) is 0 Å². The summed E-state index contributed by atoms with van der Waals surface area (Å²) in [5.41, 5.74) is 0.00134. The molecule has 3 nitrogen and oxygen atoms in total. The summed E-state index contributed by atoms with van der Waals surface area (Å²) < 4.78 is 37.1. The van der Waals surface area contributed by atoms with Gasteiger partial charge in [-0.1, -0.05) is 0 Å². The first kappa shape index (κ1) is 16.6. The number of alkyl halides is 3. The largest absolute Gasteiger partial charge is 0.406 e. The number of hydrogen-bond donors (Lipinski definition) is 1. The second-order valence-corrected chi connectivity index (χ2v) is 5.34. The predicted molar refractivity (Wildman–Crippen MR) is 68.2 cm³/mol. The normalized spacial score (nSPS) is 24.7. The van der Waals surface area contributed by atoms with E-state index in [1.165, 1.54) is 0 Å². The van der Waals surface area contributed by atoms with Gasteiger partial charge in [0.15, 0.2) is 0 Å². The van der Waals surface area contributed by atoms with Crippen molar-refractivity contribution < 1.29 is 18.0 Å². The maximum absolute atomic E-state index is 12.4. The van der Waals surface area contributed by atoms with Gasteiger partial charge in [-0.05, 0) is 44.7 Å². The molecule has 1 aliphatic heterocycles. The molecule has 19 heavy (non-hydrogen) atoms. The SMILES string of the molecule is CCN(CC(F)(F)F)C(=O)C1CC12CCNCC2.Cl. The minimum Gasteiger partial charge on any atom is -0.334 e. The fourth-order valence-corrected chi connectivity index (χ4v) is 2.96. The summed E-state index contributed by atoms with van der Waals surface area (Å²) in [6.45, 7) is 2.35. The number of nitrogens with zero attached hydrogens (tertiary/aromatic N) is 1. The van der Waals surface area contributed by atoms with E-state index in [0.717, 1.165) is 37.3 Å². The summed E-state index contributed by atoms with van der Waals surface area (Å²) in [6, 6.07) is 0. The molecule has 1 unspecified atom stereocenters. The first-order valence-corrected chi connectivity index (χ1v) is 6.44. The van der Waals surface area contributed by atoms with Gasteiger partial charge in [-0.25, -0.2) is 0 Å². The fourth-order valence-electron chi connectivity index (χ4n) is 2.96. The Morgan fingerprint density at radius 3 is 2.42 bits per heavy atom. The van der Waals surface area contributed by atoms with Crippen molar-refractivity contribution in [2.45, 2.75) is 32.4 Å². The fraction of sp³-hybridized carbons (Fsp3) is 0.917. The summed E-state index contributed by atoms with van der Waals surface area (Å²) in [6.07, 6.45) is -1.72. The third-order valence-corrected chi connectivity index (χ3v) is 4.15. The third kappa shape index (κ3) is 3.75. The molecule has 7 heteroatoms. The van der Waals surface area contributed by atoms with Crippen LogP contribution in [0.3, 0.4) is 0 Å². The highest BCUT2D eigenvalue weighted by atomic mass is 35.5. The molecule has 112 valence electrons. The summed E-state index contributed by atoms with van der Waals surface area (Å²) in [7, 11) is 0. The van der Waals surface area contributed by atoms with Crippen LogP contribution in [0.25, 0.3) is 0 Å². The first-order chi connectivity index (χ1) is 8.38. The molecule has 2 fully saturated rings. The molecule has 1 amide bonds. The van der Waals surface area contributed by atoms with Gasteiger partial charge in [0.1, 0.15) is 6.54 Å². The zero-order chi connectivity index (χ0) is 13.4. The van der Waals surface area contributed by atoms with Crippen molar-refractivity contribution in [2.24, 2.45) is 11.3 Å². The number of carbonyl (C=O) groups excluding carboxylic acids is 1. The van der Waals surface area contributed by atoms with E-state index < -0.39 is 12.7 Å². The van der Waals surface area contributed by atoms with Crippen LogP contribution in [0.1, 0.15) is 26.2 Å². The van der Waals surface area contributed by atoms with Crippen LogP contribution >= 0.6 is 12.4 Å². The number of halogens is 4. The highest BCUT2D eigenvalue weighted by Gasteiger charge is 2.58. The van der Waals surface area contributed by atoms with E-state index in [2.05, 4.69) is 5.32 Å². The Balaban J connectivity index is 0.00000180. The van der Waals surface area contributed by atoms with Crippen LogP contribution in [0.15, 0.2) is 0 Å². The molecule has 1 spiro atoms. The van der Waals surface area contributed by atoms with E-state index in [-0.39, 0.29) is 36.2 Å². The molecule has 1 heterocycles. The molecule has 1 atom stereocenters. The maximum atomic E-state index is 12.4. The van der Waals surface area contributed by atoms with E-state index in [1.807, 2.05) is 0 Å². The molecule has 0 aromatic carbocycles. The van der Waals surface area contributed by atoms with Gasteiger partial charge in [-0.2, -0.15) is 13.2 Å². The van der Waals surface area contributed by atoms with Crippen molar-refractivity contribution in [1.29, 1.82) is 0 Å². The van der Waals surface area contributed by atoms with E-state index >= 15 is 0 Å². The number of nitrogens with one attached hydrogen (secondary N) is 1. The van der Waals surface area contributed by atoms with Crippen LogP contribution in [0.2, 0.25) is 0 Å². The standard InChI is InChI=1S/C12H19F3N2O.ClH/c1-2-17(8-12(13,14)15)10(18)9-7-11(9)3-5-16-6-4-11;/h9,16H,2-8H2,1H3;1H. The summed E-state index contributed by atoms with van der Waals surface area (Å²) in [4.78, 5) is 13.0. The van der Waals surface area contributed by atoms with Gasteiger partial charge < -0.3 is 10.2 Å². The second kappa shape index (κ2) is 5.87. The van der Waals surface area contributed by atoms with Crippen LogP contribution < -0.4 is 5.32 Å². The monoisotopic (exact) mass is 300 g/mol. The average molecular weight is 301 g/mol. The molecule has 1 saturated heterocycles. The van der Waals surface area contributed by atoms with Crippen molar-refractivity contribution in [3.8, 4) is 0 Å². The molecule has 2 rings (SSSR count). The third-order valence-electron chi connectivity index (χ3n) is 4.15. The number of hydrogen-bond acceptors (Lipinski definition) is 2. The molecule has 0 bridgehead atoms. The van der Waals surface area contributed by atoms with Gasteiger partial charge in [0.2, 0.25) is 5.91 Å². The van der Waals surface area contributed by atoms with Crippen LogP contribution in [-0.4, -0.2) is 43.2 Å². The quantitative estimate of drug-likeness (QED) is 0.867. The summed E-state index contributed by atoms with van der Waals surface area (Å²) >= 11 is 0. The molecular formula is C12H20ClF3N2O. The number of carbonyl (C=O) groups is 1. The lowest BCUT2D eigenvalue weighted by Gasteiger charge is -2.26. The first-order valence-electron chi connectivity index (χ1n) is 6.44. The molecule has 0 aromatic rings. The Hall–Kier alpha value is -0.490. The zero-order valence-electron chi connectivity index (χ0n) is 10.9. The van der Waals surface area contributed by atoms with Crippen molar-refractivity contribution in [2.75, 3.05) is 26.2 Å². The van der Waals surface area contributed by atoms with Gasteiger partial charge in [-0.3, -0.25) is 4.79 Å². The summed E-state index contributed by atoms with van der Waals surface area (Å²) in [5, 5.41) is 3.22. The minimum atomic E-state index is -4.30. The lowest BCUT2D eigenvalue weighted by atomic mass is 9.91. The van der Waals surface area contributed by atoms with Gasteiger partial charge in [0, 0.05) is 12.5 Å². The Labute approximate surface area is 117 Å². The predicted octanol–water partition coefficient (Wildman–Crippen LogP) is 2.21. The molecule has 1 aliphatic carbocycles. The minimum absolute atomic E-state index is 0. The highest BCUT2D eigenvalue weighted by Crippen LogP contribution is 2.59. The van der Waals surface area contributed by atoms with Crippen molar-refractivity contribution >= 4 is 18.3 Å². The molecule has 0 radical (unpaired) electrons. The topological polar surface area (TPSA) is 32.3 Å². The van der Waals surface area contributed by atoms with Gasteiger partial charge >= 0.3 is 6.18 Å². The Morgan fingerprint density at radius 1 is 1.37 bits per heavy atom. The Kier molecular flexibility index (Phi) is 5.12. The molecule has 1 saturated carbocycles. The number of amides is 1.